The van der Waals surface area contributed by atoms with Gasteiger partial charge in [0.15, 0.2) is 11.5 Å². The average Bonchev–Trinajstić information content (AvgIpc) is 3.11. The lowest BCUT2D eigenvalue weighted by Crippen LogP contribution is -2.01. The fourth-order valence-electron chi connectivity index (χ4n) is 3.26. The highest BCUT2D eigenvalue weighted by Crippen LogP contribution is 2.40. The minimum Gasteiger partial charge on any atom is -0.456 e. The van der Waals surface area contributed by atoms with Crippen molar-refractivity contribution in [2.75, 3.05) is 5.32 Å². The molecule has 0 saturated heterocycles. The Kier molecular flexibility index (Phi) is 3.76. The van der Waals surface area contributed by atoms with Crippen LogP contribution in [0.2, 0.25) is 0 Å². The maximum absolute atomic E-state index is 5.71. The first-order valence-electron chi connectivity index (χ1n) is 8.88. The molecule has 0 aliphatic carbocycles. The van der Waals surface area contributed by atoms with Gasteiger partial charge in [0.25, 0.3) is 0 Å². The highest BCUT2D eigenvalue weighted by atomic mass is 16.5. The Balaban J connectivity index is 0.000000119. The van der Waals surface area contributed by atoms with E-state index in [1.165, 1.54) is 10.8 Å². The van der Waals surface area contributed by atoms with Gasteiger partial charge in [0.05, 0.1) is 11.4 Å². The molecule has 0 bridgehead atoms. The molecule has 1 N–H and O–H groups in total. The summed E-state index contributed by atoms with van der Waals surface area (Å²) in [6.45, 7) is 0. The van der Waals surface area contributed by atoms with E-state index in [0.717, 1.165) is 34.0 Å². The second kappa shape index (κ2) is 6.54. The predicted octanol–water partition coefficient (Wildman–Crippen LogP) is 7.12. The zero-order valence-corrected chi connectivity index (χ0v) is 14.6. The van der Waals surface area contributed by atoms with Crippen LogP contribution in [-0.2, 0) is 0 Å². The lowest BCUT2D eigenvalue weighted by atomic mass is 10.2. The first-order chi connectivity index (χ1) is 13.4. The van der Waals surface area contributed by atoms with Crippen molar-refractivity contribution in [3.05, 3.63) is 97.1 Å². The molecule has 3 heteroatoms. The normalized spacial score (nSPS) is 11.6. The molecule has 4 aromatic carbocycles. The van der Waals surface area contributed by atoms with Crippen molar-refractivity contribution < 1.29 is 9.15 Å². The van der Waals surface area contributed by atoms with Gasteiger partial charge in [-0.15, -0.1) is 0 Å². The Morgan fingerprint density at radius 2 is 0.926 bits per heavy atom. The summed E-state index contributed by atoms with van der Waals surface area (Å²) in [6.07, 6.45) is 0. The van der Waals surface area contributed by atoms with Crippen molar-refractivity contribution in [1.82, 2.24) is 0 Å². The van der Waals surface area contributed by atoms with Crippen LogP contribution in [0.25, 0.3) is 21.9 Å². The first-order valence-corrected chi connectivity index (χ1v) is 8.88. The van der Waals surface area contributed by atoms with Gasteiger partial charge in [0.1, 0.15) is 11.2 Å². The van der Waals surface area contributed by atoms with Crippen LogP contribution in [0.5, 0.6) is 11.5 Å². The summed E-state index contributed by atoms with van der Waals surface area (Å²) < 4.78 is 11.4. The fourth-order valence-corrected chi connectivity index (χ4v) is 3.26. The molecule has 0 unspecified atom stereocenters. The maximum Gasteiger partial charge on any atom is 0.150 e. The monoisotopic (exact) mass is 351 g/mol. The van der Waals surface area contributed by atoms with Crippen molar-refractivity contribution >= 4 is 33.3 Å². The average molecular weight is 351 g/mol. The van der Waals surface area contributed by atoms with Crippen LogP contribution >= 0.6 is 0 Å². The number of benzene rings is 4. The lowest BCUT2D eigenvalue weighted by molar-refractivity contribution is 0.481. The van der Waals surface area contributed by atoms with Crippen molar-refractivity contribution in [3.63, 3.8) is 0 Å². The van der Waals surface area contributed by atoms with Gasteiger partial charge >= 0.3 is 0 Å². The third kappa shape index (κ3) is 2.89. The third-order valence-electron chi connectivity index (χ3n) is 4.55. The van der Waals surface area contributed by atoms with E-state index in [4.69, 9.17) is 9.15 Å². The van der Waals surface area contributed by atoms with Crippen LogP contribution in [0, 0.1) is 0 Å². The zero-order valence-electron chi connectivity index (χ0n) is 14.6. The molecule has 1 aliphatic rings. The summed E-state index contributed by atoms with van der Waals surface area (Å²) in [4.78, 5) is 0. The van der Waals surface area contributed by atoms with Crippen LogP contribution in [-0.4, -0.2) is 0 Å². The van der Waals surface area contributed by atoms with Crippen LogP contribution < -0.4 is 10.1 Å². The number of para-hydroxylation sites is 6. The van der Waals surface area contributed by atoms with E-state index in [9.17, 15) is 0 Å². The van der Waals surface area contributed by atoms with E-state index < -0.39 is 0 Å². The van der Waals surface area contributed by atoms with Gasteiger partial charge in [0.2, 0.25) is 0 Å². The molecular formula is C24H17NO2. The second-order valence-electron chi connectivity index (χ2n) is 6.31. The van der Waals surface area contributed by atoms with Crippen molar-refractivity contribution in [1.29, 1.82) is 0 Å². The number of anilines is 2. The Morgan fingerprint density at radius 1 is 0.481 bits per heavy atom. The van der Waals surface area contributed by atoms with Gasteiger partial charge in [0, 0.05) is 10.8 Å². The van der Waals surface area contributed by atoms with Crippen molar-refractivity contribution in [2.45, 2.75) is 0 Å². The van der Waals surface area contributed by atoms with E-state index in [1.54, 1.807) is 0 Å². The summed E-state index contributed by atoms with van der Waals surface area (Å²) >= 11 is 0. The van der Waals surface area contributed by atoms with Crippen molar-refractivity contribution in [2.24, 2.45) is 0 Å². The minimum absolute atomic E-state index is 0.881. The third-order valence-corrected chi connectivity index (χ3v) is 4.55. The summed E-state index contributed by atoms with van der Waals surface area (Å²) in [5.41, 5.74) is 3.96. The largest absolute Gasteiger partial charge is 0.456 e. The summed E-state index contributed by atoms with van der Waals surface area (Å²) in [7, 11) is 0. The van der Waals surface area contributed by atoms with Gasteiger partial charge in [-0.3, -0.25) is 0 Å². The summed E-state index contributed by atoms with van der Waals surface area (Å²) in [6, 6.07) is 32.0. The Bertz CT molecular complexity index is 1100. The Hall–Kier alpha value is -3.72. The van der Waals surface area contributed by atoms with Crippen molar-refractivity contribution in [3.8, 4) is 11.5 Å². The van der Waals surface area contributed by atoms with Gasteiger partial charge in [-0.05, 0) is 36.4 Å². The predicted molar refractivity (Wildman–Crippen MR) is 110 cm³/mol. The van der Waals surface area contributed by atoms with Crippen LogP contribution in [0.4, 0.5) is 11.4 Å². The molecule has 1 aliphatic heterocycles. The lowest BCUT2D eigenvalue weighted by Gasteiger charge is -2.20. The molecule has 130 valence electrons. The number of fused-ring (bicyclic) bond motifs is 5. The quantitative estimate of drug-likeness (QED) is 0.316. The van der Waals surface area contributed by atoms with Crippen LogP contribution in [0.3, 0.4) is 0 Å². The molecule has 27 heavy (non-hydrogen) atoms. The molecule has 0 amide bonds. The molecule has 5 aromatic rings. The molecule has 2 heterocycles. The van der Waals surface area contributed by atoms with E-state index in [-0.39, 0.29) is 0 Å². The van der Waals surface area contributed by atoms with E-state index in [2.05, 4.69) is 17.4 Å². The van der Waals surface area contributed by atoms with E-state index in [0.29, 0.717) is 0 Å². The molecule has 0 spiro atoms. The zero-order chi connectivity index (χ0) is 18.1. The fraction of sp³-hybridized carbons (Fsp3) is 0. The van der Waals surface area contributed by atoms with E-state index in [1.807, 2.05) is 84.9 Å². The van der Waals surface area contributed by atoms with Crippen LogP contribution in [0.15, 0.2) is 101 Å². The molecule has 1 aromatic heterocycles. The van der Waals surface area contributed by atoms with Gasteiger partial charge in [-0.1, -0.05) is 60.7 Å². The Labute approximate surface area is 156 Å². The van der Waals surface area contributed by atoms with Crippen LogP contribution in [0.1, 0.15) is 0 Å². The molecular weight excluding hydrogens is 334 g/mol. The number of rotatable bonds is 0. The molecule has 3 nitrogen and oxygen atoms in total. The molecule has 0 atom stereocenters. The highest BCUT2D eigenvalue weighted by Gasteiger charge is 2.13. The highest BCUT2D eigenvalue weighted by molar-refractivity contribution is 6.04. The topological polar surface area (TPSA) is 34.4 Å². The maximum atomic E-state index is 5.71. The summed E-state index contributed by atoms with van der Waals surface area (Å²) in [5, 5.41) is 5.70. The Morgan fingerprint density at radius 3 is 1.48 bits per heavy atom. The smallest absolute Gasteiger partial charge is 0.150 e. The molecule has 0 fully saturated rings. The first kappa shape index (κ1) is 15.5. The number of hydrogen-bond acceptors (Lipinski definition) is 3. The standard InChI is InChI=1S/C12H9NO.C12H8O/c1-3-7-11-9(5-1)13-10-6-2-4-8-12(10)14-11;1-3-7-11-9(5-1)10-6-2-4-8-12(10)13-11/h1-8,13H;1-8H. The molecule has 0 saturated carbocycles. The molecule has 6 rings (SSSR count). The van der Waals surface area contributed by atoms with E-state index >= 15 is 0 Å². The van der Waals surface area contributed by atoms with Gasteiger partial charge in [-0.25, -0.2) is 0 Å². The second-order valence-corrected chi connectivity index (χ2v) is 6.31. The SMILES string of the molecule is c1ccc2c(c1)Nc1ccccc1O2.c1ccc2c(c1)oc1ccccc12. The summed E-state index contributed by atoms with van der Waals surface area (Å²) in [5.74, 6) is 1.76. The number of nitrogens with one attached hydrogen (secondary N) is 1. The van der Waals surface area contributed by atoms with Gasteiger partial charge < -0.3 is 14.5 Å². The number of ether oxygens (including phenoxy) is 1. The number of furan rings is 1. The minimum atomic E-state index is 0.881. The van der Waals surface area contributed by atoms with Gasteiger partial charge in [-0.2, -0.15) is 0 Å². The number of hydrogen-bond donors (Lipinski definition) is 1. The molecule has 0 radical (unpaired) electrons.